The molecule has 2 aromatic rings. The number of benzene rings is 2. The molecule has 1 aliphatic heterocycles. The van der Waals surface area contributed by atoms with Crippen LogP contribution < -0.4 is 5.32 Å². The quantitative estimate of drug-likeness (QED) is 0.168. The second kappa shape index (κ2) is 15.5. The standard InChI is InChI=1S/C31H40N4O5/c1-3-4-5-6-10-13-30(37)34-21-20-33(23-24(34)2)31(38)28(22-26-11-8-7-9-12-26)32-29(36)19-16-25-14-17-27(18-15-25)35(39)40/h7-9,11-12,14-19,24,28H,3-6,10,13,20-23H2,1-2H3,(H,32,36)/b19-16+/t24-,28-/m1/s1. The Kier molecular flexibility index (Phi) is 11.9. The maximum absolute atomic E-state index is 13.6. The summed E-state index contributed by atoms with van der Waals surface area (Å²) in [5, 5.41) is 13.7. The molecule has 9 heteroatoms. The van der Waals surface area contributed by atoms with Crippen molar-refractivity contribution in [3.8, 4) is 0 Å². The summed E-state index contributed by atoms with van der Waals surface area (Å²) in [6, 6.07) is 14.5. The van der Waals surface area contributed by atoms with Crippen molar-refractivity contribution in [1.29, 1.82) is 0 Å². The molecule has 3 rings (SSSR count). The van der Waals surface area contributed by atoms with E-state index in [-0.39, 0.29) is 23.5 Å². The van der Waals surface area contributed by atoms with Crippen molar-refractivity contribution in [1.82, 2.24) is 15.1 Å². The fourth-order valence-electron chi connectivity index (χ4n) is 4.92. The van der Waals surface area contributed by atoms with Crippen LogP contribution in [0.1, 0.15) is 63.5 Å². The van der Waals surface area contributed by atoms with E-state index in [2.05, 4.69) is 12.2 Å². The van der Waals surface area contributed by atoms with E-state index in [1.54, 1.807) is 23.1 Å². The van der Waals surface area contributed by atoms with E-state index in [0.717, 1.165) is 24.8 Å². The minimum absolute atomic E-state index is 0.0295. The van der Waals surface area contributed by atoms with E-state index < -0.39 is 16.9 Å². The van der Waals surface area contributed by atoms with Crippen LogP contribution in [0.5, 0.6) is 0 Å². The number of hydrogen-bond acceptors (Lipinski definition) is 5. The van der Waals surface area contributed by atoms with Crippen LogP contribution in [0.25, 0.3) is 6.08 Å². The van der Waals surface area contributed by atoms with Crippen molar-refractivity contribution in [3.63, 3.8) is 0 Å². The first-order chi connectivity index (χ1) is 19.3. The zero-order chi connectivity index (χ0) is 28.9. The number of non-ortho nitro benzene ring substituents is 1. The van der Waals surface area contributed by atoms with Crippen molar-refractivity contribution in [2.75, 3.05) is 19.6 Å². The third kappa shape index (κ3) is 9.32. The van der Waals surface area contributed by atoms with Gasteiger partial charge < -0.3 is 15.1 Å². The van der Waals surface area contributed by atoms with Gasteiger partial charge in [0.1, 0.15) is 6.04 Å². The van der Waals surface area contributed by atoms with Crippen LogP contribution in [-0.4, -0.2) is 64.2 Å². The highest BCUT2D eigenvalue weighted by atomic mass is 16.6. The number of hydrogen-bond donors (Lipinski definition) is 1. The van der Waals surface area contributed by atoms with E-state index in [1.165, 1.54) is 31.1 Å². The van der Waals surface area contributed by atoms with Crippen molar-refractivity contribution in [2.24, 2.45) is 0 Å². The summed E-state index contributed by atoms with van der Waals surface area (Å²) in [5.41, 5.74) is 1.52. The second-order valence-electron chi connectivity index (χ2n) is 10.3. The van der Waals surface area contributed by atoms with Crippen LogP contribution in [0.15, 0.2) is 60.7 Å². The molecule has 1 saturated heterocycles. The topological polar surface area (TPSA) is 113 Å². The smallest absolute Gasteiger partial charge is 0.269 e. The highest BCUT2D eigenvalue weighted by Crippen LogP contribution is 2.16. The van der Waals surface area contributed by atoms with Crippen LogP contribution in [0.2, 0.25) is 0 Å². The van der Waals surface area contributed by atoms with E-state index >= 15 is 0 Å². The Hall–Kier alpha value is -4.01. The normalized spacial score (nSPS) is 16.1. The molecule has 0 aliphatic carbocycles. The molecule has 1 fully saturated rings. The molecule has 0 saturated carbocycles. The van der Waals surface area contributed by atoms with Gasteiger partial charge in [0.05, 0.1) is 4.92 Å². The Bertz CT molecular complexity index is 1170. The highest BCUT2D eigenvalue weighted by molar-refractivity contribution is 5.95. The number of nitrogens with zero attached hydrogens (tertiary/aromatic N) is 3. The zero-order valence-corrected chi connectivity index (χ0v) is 23.5. The molecule has 2 aromatic carbocycles. The minimum Gasteiger partial charge on any atom is -0.340 e. The average molecular weight is 549 g/mol. The number of nitrogens with one attached hydrogen (secondary N) is 1. The summed E-state index contributed by atoms with van der Waals surface area (Å²) >= 11 is 0. The maximum atomic E-state index is 13.6. The number of piperazine rings is 1. The molecule has 0 aromatic heterocycles. The molecule has 0 unspecified atom stereocenters. The Morgan fingerprint density at radius 2 is 1.73 bits per heavy atom. The molecule has 0 bridgehead atoms. The number of nitro benzene ring substituents is 1. The highest BCUT2D eigenvalue weighted by Gasteiger charge is 2.33. The summed E-state index contributed by atoms with van der Waals surface area (Å²) in [7, 11) is 0. The largest absolute Gasteiger partial charge is 0.340 e. The van der Waals surface area contributed by atoms with Crippen molar-refractivity contribution < 1.29 is 19.3 Å². The number of amides is 3. The molecular weight excluding hydrogens is 508 g/mol. The van der Waals surface area contributed by atoms with Crippen molar-refractivity contribution in [2.45, 2.75) is 70.9 Å². The van der Waals surface area contributed by atoms with Gasteiger partial charge in [0.25, 0.3) is 5.69 Å². The number of unbranched alkanes of at least 4 members (excludes halogenated alkanes) is 4. The number of nitro groups is 1. The fourth-order valence-corrected chi connectivity index (χ4v) is 4.92. The predicted octanol–water partition coefficient (Wildman–Crippen LogP) is 4.76. The Morgan fingerprint density at radius 3 is 2.38 bits per heavy atom. The van der Waals surface area contributed by atoms with Crippen LogP contribution in [-0.2, 0) is 20.8 Å². The molecule has 0 radical (unpaired) electrons. The van der Waals surface area contributed by atoms with Gasteiger partial charge in [0.15, 0.2) is 0 Å². The first-order valence-electron chi connectivity index (χ1n) is 14.1. The van der Waals surface area contributed by atoms with E-state index in [0.29, 0.717) is 38.0 Å². The van der Waals surface area contributed by atoms with Gasteiger partial charge in [-0.3, -0.25) is 24.5 Å². The molecule has 0 spiro atoms. The molecule has 1 heterocycles. The zero-order valence-electron chi connectivity index (χ0n) is 23.5. The molecular formula is C31H40N4O5. The van der Waals surface area contributed by atoms with Gasteiger partial charge in [-0.25, -0.2) is 0 Å². The van der Waals surface area contributed by atoms with Gasteiger partial charge >= 0.3 is 0 Å². The van der Waals surface area contributed by atoms with E-state index in [1.807, 2.05) is 42.2 Å². The Morgan fingerprint density at radius 1 is 1.02 bits per heavy atom. The molecule has 214 valence electrons. The molecule has 2 atom stereocenters. The Balaban J connectivity index is 1.62. The van der Waals surface area contributed by atoms with Crippen LogP contribution in [0.3, 0.4) is 0 Å². The van der Waals surface area contributed by atoms with Crippen molar-refractivity contribution in [3.05, 3.63) is 81.9 Å². The molecule has 3 amide bonds. The summed E-state index contributed by atoms with van der Waals surface area (Å²) in [5.74, 6) is -0.473. The van der Waals surface area contributed by atoms with Gasteiger partial charge in [-0.1, -0.05) is 62.9 Å². The maximum Gasteiger partial charge on any atom is 0.269 e. The first-order valence-corrected chi connectivity index (χ1v) is 14.1. The van der Waals surface area contributed by atoms with Crippen LogP contribution in [0.4, 0.5) is 5.69 Å². The van der Waals surface area contributed by atoms with Gasteiger partial charge in [-0.15, -0.1) is 0 Å². The third-order valence-electron chi connectivity index (χ3n) is 7.18. The average Bonchev–Trinajstić information content (AvgIpc) is 2.95. The molecule has 1 N–H and O–H groups in total. The lowest BCUT2D eigenvalue weighted by Crippen LogP contribution is -2.59. The van der Waals surface area contributed by atoms with Gasteiger partial charge in [-0.2, -0.15) is 0 Å². The number of rotatable bonds is 13. The van der Waals surface area contributed by atoms with Gasteiger partial charge in [0.2, 0.25) is 17.7 Å². The number of carbonyl (C=O) groups is 3. The predicted molar refractivity (Wildman–Crippen MR) is 155 cm³/mol. The van der Waals surface area contributed by atoms with Gasteiger partial charge in [0, 0.05) is 56.7 Å². The Labute approximate surface area is 236 Å². The van der Waals surface area contributed by atoms with Gasteiger partial charge in [-0.05, 0) is 42.7 Å². The van der Waals surface area contributed by atoms with Crippen molar-refractivity contribution >= 4 is 29.5 Å². The minimum atomic E-state index is -0.774. The third-order valence-corrected chi connectivity index (χ3v) is 7.18. The fraction of sp³-hybridized carbons (Fsp3) is 0.452. The number of carbonyl (C=O) groups excluding carboxylic acids is 3. The molecule has 9 nitrogen and oxygen atoms in total. The lowest BCUT2D eigenvalue weighted by Gasteiger charge is -2.41. The SMILES string of the molecule is CCCCCCCC(=O)N1CCN(C(=O)[C@@H](Cc2ccccc2)NC(=O)/C=C/c2ccc([N+](=O)[O-])cc2)C[C@H]1C. The van der Waals surface area contributed by atoms with Crippen LogP contribution >= 0.6 is 0 Å². The lowest BCUT2D eigenvalue weighted by molar-refractivity contribution is -0.384. The summed E-state index contributed by atoms with van der Waals surface area (Å²) in [6.45, 7) is 5.45. The second-order valence-corrected chi connectivity index (χ2v) is 10.3. The monoisotopic (exact) mass is 548 g/mol. The summed E-state index contributed by atoms with van der Waals surface area (Å²) < 4.78 is 0. The first kappa shape index (κ1) is 30.5. The van der Waals surface area contributed by atoms with E-state index in [9.17, 15) is 24.5 Å². The molecule has 1 aliphatic rings. The lowest BCUT2D eigenvalue weighted by atomic mass is 10.0. The summed E-state index contributed by atoms with van der Waals surface area (Å²) in [6.07, 6.45) is 9.22. The summed E-state index contributed by atoms with van der Waals surface area (Å²) in [4.78, 5) is 53.2. The molecule has 40 heavy (non-hydrogen) atoms. The van der Waals surface area contributed by atoms with E-state index in [4.69, 9.17) is 0 Å². The van der Waals surface area contributed by atoms with Crippen LogP contribution in [0, 0.1) is 10.1 Å².